The lowest BCUT2D eigenvalue weighted by Crippen LogP contribution is -2.02. The van der Waals surface area contributed by atoms with E-state index >= 15 is 0 Å². The average Bonchev–Trinajstić information content (AvgIpc) is 2.41. The van der Waals surface area contributed by atoms with Gasteiger partial charge in [0.1, 0.15) is 0 Å². The lowest BCUT2D eigenvalue weighted by atomic mass is 10.2. The lowest BCUT2D eigenvalue weighted by molar-refractivity contribution is 0.296. The second-order valence-corrected chi connectivity index (χ2v) is 3.00. The first kappa shape index (κ1) is 8.38. The quantitative estimate of drug-likeness (QED) is 0.706. The highest BCUT2D eigenvalue weighted by Crippen LogP contribution is 2.32. The van der Waals surface area contributed by atoms with Gasteiger partial charge in [-0.05, 0) is 6.07 Å². The van der Waals surface area contributed by atoms with Crippen LogP contribution in [0, 0.1) is 0 Å². The molecule has 0 amide bonds. The summed E-state index contributed by atoms with van der Waals surface area (Å²) in [6.07, 6.45) is 0.929. The molecule has 1 aromatic carbocycles. The standard InChI is InChI=1S/C10H13NO2/c11-7-8-3-1-4-9-10(8)13-6-2-5-12-9/h1,3-4H,2,5-7,11H2. The molecule has 13 heavy (non-hydrogen) atoms. The number of rotatable bonds is 1. The predicted molar refractivity (Wildman–Crippen MR) is 49.9 cm³/mol. The van der Waals surface area contributed by atoms with Gasteiger partial charge in [-0.1, -0.05) is 12.1 Å². The summed E-state index contributed by atoms with van der Waals surface area (Å²) in [5, 5.41) is 0. The number of hydrogen-bond donors (Lipinski definition) is 1. The van der Waals surface area contributed by atoms with Gasteiger partial charge in [-0.15, -0.1) is 0 Å². The third-order valence-corrected chi connectivity index (χ3v) is 2.07. The number of benzene rings is 1. The molecule has 2 N–H and O–H groups in total. The van der Waals surface area contributed by atoms with Crippen molar-refractivity contribution in [3.63, 3.8) is 0 Å². The van der Waals surface area contributed by atoms with Crippen molar-refractivity contribution in [1.82, 2.24) is 0 Å². The second-order valence-electron chi connectivity index (χ2n) is 3.00. The Morgan fingerprint density at radius 3 is 2.92 bits per heavy atom. The molecule has 0 saturated carbocycles. The molecule has 1 heterocycles. The van der Waals surface area contributed by atoms with Gasteiger partial charge in [-0.2, -0.15) is 0 Å². The highest BCUT2D eigenvalue weighted by molar-refractivity contribution is 5.46. The predicted octanol–water partition coefficient (Wildman–Crippen LogP) is 1.31. The zero-order valence-electron chi connectivity index (χ0n) is 7.45. The molecule has 0 atom stereocenters. The van der Waals surface area contributed by atoms with E-state index in [-0.39, 0.29) is 0 Å². The maximum absolute atomic E-state index is 5.59. The van der Waals surface area contributed by atoms with Gasteiger partial charge in [0, 0.05) is 18.5 Å². The van der Waals surface area contributed by atoms with Crippen LogP contribution in [0.3, 0.4) is 0 Å². The first-order chi connectivity index (χ1) is 6.42. The van der Waals surface area contributed by atoms with Crippen LogP contribution in [0.5, 0.6) is 11.5 Å². The first-order valence-corrected chi connectivity index (χ1v) is 4.49. The zero-order valence-corrected chi connectivity index (χ0v) is 7.45. The van der Waals surface area contributed by atoms with Crippen molar-refractivity contribution in [3.8, 4) is 11.5 Å². The fraction of sp³-hybridized carbons (Fsp3) is 0.400. The molecule has 3 nitrogen and oxygen atoms in total. The van der Waals surface area contributed by atoms with Gasteiger partial charge >= 0.3 is 0 Å². The van der Waals surface area contributed by atoms with E-state index in [2.05, 4.69) is 0 Å². The summed E-state index contributed by atoms with van der Waals surface area (Å²) in [5.74, 6) is 1.64. The zero-order chi connectivity index (χ0) is 9.10. The van der Waals surface area contributed by atoms with Gasteiger partial charge in [0.15, 0.2) is 11.5 Å². The maximum Gasteiger partial charge on any atom is 0.165 e. The van der Waals surface area contributed by atoms with E-state index in [9.17, 15) is 0 Å². The van der Waals surface area contributed by atoms with Crippen LogP contribution in [0.15, 0.2) is 18.2 Å². The van der Waals surface area contributed by atoms with Gasteiger partial charge < -0.3 is 15.2 Å². The molecular weight excluding hydrogens is 166 g/mol. The summed E-state index contributed by atoms with van der Waals surface area (Å²) in [5.41, 5.74) is 6.60. The van der Waals surface area contributed by atoms with Gasteiger partial charge in [-0.3, -0.25) is 0 Å². The maximum atomic E-state index is 5.59. The van der Waals surface area contributed by atoms with Crippen molar-refractivity contribution < 1.29 is 9.47 Å². The SMILES string of the molecule is NCc1cccc2c1OCCCO2. The fourth-order valence-electron chi connectivity index (χ4n) is 1.41. The van der Waals surface area contributed by atoms with E-state index in [1.165, 1.54) is 0 Å². The molecule has 1 aliphatic heterocycles. The Bertz CT molecular complexity index is 299. The number of ether oxygens (including phenoxy) is 2. The normalized spacial score (nSPS) is 15.2. The Hall–Kier alpha value is -1.22. The highest BCUT2D eigenvalue weighted by atomic mass is 16.5. The minimum atomic E-state index is 0.493. The average molecular weight is 179 g/mol. The van der Waals surface area contributed by atoms with E-state index in [0.717, 1.165) is 30.1 Å². The lowest BCUT2D eigenvalue weighted by Gasteiger charge is -2.10. The molecule has 0 fully saturated rings. The molecule has 2 rings (SSSR count). The molecule has 70 valence electrons. The van der Waals surface area contributed by atoms with E-state index in [1.54, 1.807) is 0 Å². The molecule has 1 aromatic rings. The Morgan fingerprint density at radius 1 is 1.23 bits per heavy atom. The molecule has 0 spiro atoms. The number of nitrogens with two attached hydrogens (primary N) is 1. The smallest absolute Gasteiger partial charge is 0.165 e. The summed E-state index contributed by atoms with van der Waals surface area (Å²) in [6, 6.07) is 5.82. The van der Waals surface area contributed by atoms with E-state index in [1.807, 2.05) is 18.2 Å². The van der Waals surface area contributed by atoms with Gasteiger partial charge in [0.05, 0.1) is 13.2 Å². The second kappa shape index (κ2) is 3.66. The third kappa shape index (κ3) is 1.60. The van der Waals surface area contributed by atoms with Crippen molar-refractivity contribution >= 4 is 0 Å². The molecule has 0 unspecified atom stereocenters. The molecule has 0 bridgehead atoms. The van der Waals surface area contributed by atoms with Crippen LogP contribution in [0.1, 0.15) is 12.0 Å². The van der Waals surface area contributed by atoms with Gasteiger partial charge in [0.2, 0.25) is 0 Å². The first-order valence-electron chi connectivity index (χ1n) is 4.49. The molecule has 0 aromatic heterocycles. The molecule has 0 radical (unpaired) electrons. The van der Waals surface area contributed by atoms with Crippen molar-refractivity contribution in [2.75, 3.05) is 13.2 Å². The van der Waals surface area contributed by atoms with Crippen LogP contribution in [0.4, 0.5) is 0 Å². The van der Waals surface area contributed by atoms with Gasteiger partial charge in [0.25, 0.3) is 0 Å². The van der Waals surface area contributed by atoms with Crippen molar-refractivity contribution in [2.24, 2.45) is 5.73 Å². The Labute approximate surface area is 77.5 Å². The molecule has 0 aliphatic carbocycles. The van der Waals surface area contributed by atoms with Crippen molar-refractivity contribution in [1.29, 1.82) is 0 Å². The van der Waals surface area contributed by atoms with Crippen LogP contribution >= 0.6 is 0 Å². The van der Waals surface area contributed by atoms with E-state index in [0.29, 0.717) is 13.2 Å². The number of para-hydroxylation sites is 1. The Balaban J connectivity index is 2.40. The largest absolute Gasteiger partial charge is 0.490 e. The number of hydrogen-bond acceptors (Lipinski definition) is 3. The number of fused-ring (bicyclic) bond motifs is 1. The van der Waals surface area contributed by atoms with Crippen LogP contribution in [-0.2, 0) is 6.54 Å². The van der Waals surface area contributed by atoms with Crippen LogP contribution in [0.25, 0.3) is 0 Å². The Kier molecular flexibility index (Phi) is 2.36. The van der Waals surface area contributed by atoms with Gasteiger partial charge in [-0.25, -0.2) is 0 Å². The topological polar surface area (TPSA) is 44.5 Å². The van der Waals surface area contributed by atoms with Crippen molar-refractivity contribution in [3.05, 3.63) is 23.8 Å². The Morgan fingerprint density at radius 2 is 2.08 bits per heavy atom. The molecule has 3 heteroatoms. The summed E-state index contributed by atoms with van der Waals surface area (Å²) in [7, 11) is 0. The third-order valence-electron chi connectivity index (χ3n) is 2.07. The van der Waals surface area contributed by atoms with E-state index < -0.39 is 0 Å². The summed E-state index contributed by atoms with van der Waals surface area (Å²) >= 11 is 0. The summed E-state index contributed by atoms with van der Waals surface area (Å²) in [4.78, 5) is 0. The molecule has 1 aliphatic rings. The van der Waals surface area contributed by atoms with Crippen molar-refractivity contribution in [2.45, 2.75) is 13.0 Å². The van der Waals surface area contributed by atoms with Crippen LogP contribution in [-0.4, -0.2) is 13.2 Å². The fourth-order valence-corrected chi connectivity index (χ4v) is 1.41. The summed E-state index contributed by atoms with van der Waals surface area (Å²) < 4.78 is 11.1. The highest BCUT2D eigenvalue weighted by Gasteiger charge is 2.12. The summed E-state index contributed by atoms with van der Waals surface area (Å²) in [6.45, 7) is 1.93. The minimum Gasteiger partial charge on any atom is -0.490 e. The molecule has 0 saturated heterocycles. The minimum absolute atomic E-state index is 0.493. The van der Waals surface area contributed by atoms with E-state index in [4.69, 9.17) is 15.2 Å². The van der Waals surface area contributed by atoms with Crippen LogP contribution < -0.4 is 15.2 Å². The van der Waals surface area contributed by atoms with Crippen LogP contribution in [0.2, 0.25) is 0 Å². The monoisotopic (exact) mass is 179 g/mol. The molecular formula is C10H13NO2.